The topological polar surface area (TPSA) is 58.4 Å². The number of piperidine rings is 3. The molecule has 0 saturated carbocycles. The van der Waals surface area contributed by atoms with Crippen molar-refractivity contribution in [3.8, 4) is 0 Å². The van der Waals surface area contributed by atoms with Crippen LogP contribution in [0.5, 0.6) is 0 Å². The third kappa shape index (κ3) is 3.46. The Kier molecular flexibility index (Phi) is 4.56. The summed E-state index contributed by atoms with van der Waals surface area (Å²) in [5.41, 5.74) is 0.712. The highest BCUT2D eigenvalue weighted by molar-refractivity contribution is 7.99. The van der Waals surface area contributed by atoms with Crippen molar-refractivity contribution in [1.82, 2.24) is 15.4 Å². The van der Waals surface area contributed by atoms with Crippen LogP contribution >= 0.6 is 11.8 Å². The van der Waals surface area contributed by atoms with E-state index in [9.17, 15) is 4.79 Å². The van der Waals surface area contributed by atoms with E-state index in [-0.39, 0.29) is 11.9 Å². The number of aryl methyl sites for hydroxylation is 1. The molecule has 3 fully saturated rings. The predicted molar refractivity (Wildman–Crippen MR) is 96.8 cm³/mol. The van der Waals surface area contributed by atoms with Crippen molar-refractivity contribution < 1.29 is 9.32 Å². The van der Waals surface area contributed by atoms with Crippen LogP contribution in [0.1, 0.15) is 35.9 Å². The summed E-state index contributed by atoms with van der Waals surface area (Å²) < 4.78 is 5.08. The first kappa shape index (κ1) is 16.7. The summed E-state index contributed by atoms with van der Waals surface area (Å²) in [5, 5.41) is 8.08. The molecule has 0 spiro atoms. The van der Waals surface area contributed by atoms with Gasteiger partial charge >= 0.3 is 0 Å². The molecular weight excluding hydrogens is 334 g/mol. The summed E-state index contributed by atoms with van der Waals surface area (Å²) in [6.45, 7) is 6.45. The van der Waals surface area contributed by atoms with Crippen molar-refractivity contribution in [2.24, 2.45) is 5.92 Å². The Labute approximate surface area is 152 Å². The van der Waals surface area contributed by atoms with Gasteiger partial charge in [-0.25, -0.2) is 0 Å². The van der Waals surface area contributed by atoms with Gasteiger partial charge in [-0.3, -0.25) is 9.69 Å². The second kappa shape index (κ2) is 6.84. The van der Waals surface area contributed by atoms with Gasteiger partial charge in [0.2, 0.25) is 0 Å². The van der Waals surface area contributed by atoms with Crippen molar-refractivity contribution in [3.05, 3.63) is 41.7 Å². The Morgan fingerprint density at radius 3 is 2.60 bits per heavy atom. The van der Waals surface area contributed by atoms with Crippen LogP contribution in [0.25, 0.3) is 0 Å². The zero-order valence-corrected chi connectivity index (χ0v) is 15.4. The number of carbonyl (C=O) groups excluding carboxylic acids is 1. The molecule has 3 aliphatic rings. The Balaban J connectivity index is 1.40. The minimum absolute atomic E-state index is 0.0273. The maximum Gasteiger partial charge on any atom is 0.251 e. The van der Waals surface area contributed by atoms with Crippen molar-refractivity contribution in [3.63, 3.8) is 0 Å². The van der Waals surface area contributed by atoms with Crippen molar-refractivity contribution in [2.45, 2.75) is 48.7 Å². The van der Waals surface area contributed by atoms with Gasteiger partial charge in [0.05, 0.1) is 0 Å². The number of amides is 1. The van der Waals surface area contributed by atoms with E-state index in [0.29, 0.717) is 17.5 Å². The number of carbonyl (C=O) groups is 1. The average molecular weight is 357 g/mol. The number of nitrogens with one attached hydrogen (secondary N) is 1. The van der Waals surface area contributed by atoms with Crippen molar-refractivity contribution in [1.29, 1.82) is 0 Å². The zero-order valence-electron chi connectivity index (χ0n) is 14.6. The summed E-state index contributed by atoms with van der Waals surface area (Å²) in [4.78, 5) is 16.2. The molecule has 0 aliphatic carbocycles. The van der Waals surface area contributed by atoms with E-state index in [4.69, 9.17) is 4.52 Å². The molecular formula is C19H23N3O2S. The zero-order chi connectivity index (χ0) is 17.4. The van der Waals surface area contributed by atoms with E-state index in [2.05, 4.69) is 22.3 Å². The molecule has 25 heavy (non-hydrogen) atoms. The molecule has 5 nitrogen and oxygen atoms in total. The molecule has 3 saturated heterocycles. The summed E-state index contributed by atoms with van der Waals surface area (Å²) in [5.74, 6) is 1.44. The van der Waals surface area contributed by atoms with E-state index in [0.717, 1.165) is 15.7 Å². The normalized spacial score (nSPS) is 28.1. The van der Waals surface area contributed by atoms with Gasteiger partial charge in [-0.15, -0.1) is 0 Å². The molecule has 132 valence electrons. The molecule has 2 bridgehead atoms. The third-order valence-electron chi connectivity index (χ3n) is 5.42. The maximum atomic E-state index is 12.6. The first-order valence-corrected chi connectivity index (χ1v) is 9.68. The summed E-state index contributed by atoms with van der Waals surface area (Å²) in [6.07, 6.45) is 2.39. The molecule has 2 atom stereocenters. The Bertz CT molecular complexity index is 748. The van der Waals surface area contributed by atoms with Crippen molar-refractivity contribution >= 4 is 17.7 Å². The van der Waals surface area contributed by atoms with Gasteiger partial charge in [0, 0.05) is 28.6 Å². The maximum absolute atomic E-state index is 12.6. The largest absolute Gasteiger partial charge is 0.361 e. The monoisotopic (exact) mass is 357 g/mol. The SMILES string of the molecule is Cc1cc(Sc2ccc(C(=O)NC3C4CCN(CC4)C3C)cc2)no1. The molecule has 1 amide bonds. The van der Waals surface area contributed by atoms with Gasteiger partial charge in [0.15, 0.2) is 0 Å². The van der Waals surface area contributed by atoms with E-state index >= 15 is 0 Å². The van der Waals surface area contributed by atoms with E-state index < -0.39 is 0 Å². The van der Waals surface area contributed by atoms with E-state index in [1.807, 2.05) is 37.3 Å². The Morgan fingerprint density at radius 1 is 1.28 bits per heavy atom. The second-order valence-corrected chi connectivity index (χ2v) is 8.11. The van der Waals surface area contributed by atoms with Crippen LogP contribution in [0.2, 0.25) is 0 Å². The number of hydrogen-bond donors (Lipinski definition) is 1. The lowest BCUT2D eigenvalue weighted by atomic mass is 9.79. The summed E-state index contributed by atoms with van der Waals surface area (Å²) >= 11 is 1.53. The van der Waals surface area contributed by atoms with Crippen molar-refractivity contribution in [2.75, 3.05) is 13.1 Å². The highest BCUT2D eigenvalue weighted by Gasteiger charge is 2.40. The van der Waals surface area contributed by atoms with Crippen LogP contribution in [0.4, 0.5) is 0 Å². The molecule has 1 N–H and O–H groups in total. The number of benzene rings is 1. The lowest BCUT2D eigenvalue weighted by Gasteiger charge is -2.49. The molecule has 3 aliphatic heterocycles. The molecule has 4 heterocycles. The van der Waals surface area contributed by atoms with Gasteiger partial charge in [-0.05, 0) is 70.0 Å². The molecule has 2 aromatic rings. The van der Waals surface area contributed by atoms with Crippen LogP contribution in [0, 0.1) is 12.8 Å². The van der Waals surface area contributed by atoms with Gasteiger partial charge in [0.25, 0.3) is 5.91 Å². The van der Waals surface area contributed by atoms with Gasteiger partial charge < -0.3 is 9.84 Å². The number of fused-ring (bicyclic) bond motifs is 3. The summed E-state index contributed by atoms with van der Waals surface area (Å²) in [6, 6.07) is 10.3. The highest BCUT2D eigenvalue weighted by atomic mass is 32.2. The molecule has 1 aromatic carbocycles. The predicted octanol–water partition coefficient (Wildman–Crippen LogP) is 3.35. The standard InChI is InChI=1S/C19H23N3O2S/c1-12-11-17(21-24-12)25-16-5-3-15(4-6-16)19(23)20-18-13(2)22-9-7-14(18)8-10-22/h3-6,11,13-14,18H,7-10H2,1-2H3,(H,20,23). The minimum Gasteiger partial charge on any atom is -0.361 e. The first-order chi connectivity index (χ1) is 12.1. The Hall–Kier alpha value is -1.79. The third-order valence-corrected chi connectivity index (χ3v) is 6.33. The highest BCUT2D eigenvalue weighted by Crippen LogP contribution is 2.32. The number of aromatic nitrogens is 1. The molecule has 2 unspecified atom stereocenters. The Morgan fingerprint density at radius 2 is 2.00 bits per heavy atom. The van der Waals surface area contributed by atoms with Gasteiger partial charge in [-0.2, -0.15) is 0 Å². The second-order valence-electron chi connectivity index (χ2n) is 7.02. The average Bonchev–Trinajstić information content (AvgIpc) is 3.04. The van der Waals surface area contributed by atoms with Crippen LogP contribution in [-0.4, -0.2) is 41.1 Å². The lowest BCUT2D eigenvalue weighted by molar-refractivity contribution is 0.0217. The lowest BCUT2D eigenvalue weighted by Crippen LogP contribution is -2.62. The fourth-order valence-electron chi connectivity index (χ4n) is 3.97. The van der Waals surface area contributed by atoms with Crippen LogP contribution in [0.15, 0.2) is 44.8 Å². The van der Waals surface area contributed by atoms with E-state index in [1.54, 1.807) is 0 Å². The smallest absolute Gasteiger partial charge is 0.251 e. The fraction of sp³-hybridized carbons (Fsp3) is 0.474. The quantitative estimate of drug-likeness (QED) is 0.909. The first-order valence-electron chi connectivity index (χ1n) is 8.86. The molecule has 1 aromatic heterocycles. The van der Waals surface area contributed by atoms with Crippen LogP contribution < -0.4 is 5.32 Å². The molecule has 6 heteroatoms. The van der Waals surface area contributed by atoms with Crippen LogP contribution in [0.3, 0.4) is 0 Å². The van der Waals surface area contributed by atoms with Crippen LogP contribution in [-0.2, 0) is 0 Å². The minimum atomic E-state index is 0.0273. The van der Waals surface area contributed by atoms with Gasteiger partial charge in [-0.1, -0.05) is 16.9 Å². The van der Waals surface area contributed by atoms with Gasteiger partial charge in [0.1, 0.15) is 10.8 Å². The van der Waals surface area contributed by atoms with E-state index in [1.165, 1.54) is 37.7 Å². The fourth-order valence-corrected chi connectivity index (χ4v) is 4.78. The number of hydrogen-bond acceptors (Lipinski definition) is 5. The molecule has 5 rings (SSSR count). The summed E-state index contributed by atoms with van der Waals surface area (Å²) in [7, 11) is 0. The number of rotatable bonds is 4. The molecule has 0 radical (unpaired) electrons. The number of nitrogens with zero attached hydrogens (tertiary/aromatic N) is 2.